The topological polar surface area (TPSA) is 63.2 Å². The Labute approximate surface area is 136 Å². The number of piperidine rings is 1. The summed E-state index contributed by atoms with van der Waals surface area (Å²) in [5.74, 6) is 1.14. The molecule has 0 atom stereocenters. The van der Waals surface area contributed by atoms with Crippen LogP contribution in [0.3, 0.4) is 0 Å². The zero-order valence-corrected chi connectivity index (χ0v) is 13.3. The van der Waals surface area contributed by atoms with Crippen molar-refractivity contribution in [2.24, 2.45) is 5.92 Å². The van der Waals surface area contributed by atoms with Gasteiger partial charge in [0.25, 0.3) is 0 Å². The molecule has 1 aromatic heterocycles. The van der Waals surface area contributed by atoms with Crippen molar-refractivity contribution in [3.05, 3.63) is 36.5 Å². The van der Waals surface area contributed by atoms with Crippen molar-refractivity contribution in [3.8, 4) is 5.75 Å². The van der Waals surface area contributed by atoms with Crippen LogP contribution in [0.2, 0.25) is 0 Å². The number of carbonyl (C=O) groups is 1. The van der Waals surface area contributed by atoms with Crippen LogP contribution in [0.1, 0.15) is 19.3 Å². The van der Waals surface area contributed by atoms with Crippen LogP contribution in [0.4, 0.5) is 0 Å². The molecule has 1 fully saturated rings. The average molecular weight is 313 g/mol. The molecule has 1 aromatic carbocycles. The second-order valence-electron chi connectivity index (χ2n) is 5.85. The molecule has 2 N–H and O–H groups in total. The van der Waals surface area contributed by atoms with Crippen molar-refractivity contribution in [3.63, 3.8) is 0 Å². The molecule has 0 unspecified atom stereocenters. The van der Waals surface area contributed by atoms with Gasteiger partial charge in [0.15, 0.2) is 0 Å². The number of ether oxygens (including phenoxy) is 1. The smallest absolute Gasteiger partial charge is 0.223 e. The van der Waals surface area contributed by atoms with E-state index in [1.54, 1.807) is 6.20 Å². The highest BCUT2D eigenvalue weighted by Crippen LogP contribution is 2.22. The Kier molecular flexibility index (Phi) is 5.42. The molecule has 0 saturated carbocycles. The van der Waals surface area contributed by atoms with Crippen LogP contribution in [0.25, 0.3) is 10.9 Å². The number of aromatic nitrogens is 1. The number of hydrogen-bond donors (Lipinski definition) is 2. The molecule has 0 radical (unpaired) electrons. The van der Waals surface area contributed by atoms with Crippen LogP contribution in [-0.2, 0) is 4.79 Å². The van der Waals surface area contributed by atoms with Gasteiger partial charge >= 0.3 is 0 Å². The third-order valence-corrected chi connectivity index (χ3v) is 4.18. The van der Waals surface area contributed by atoms with Crippen LogP contribution in [0, 0.1) is 5.92 Å². The number of fused-ring (bicyclic) bond motifs is 1. The molecule has 3 rings (SSSR count). The number of hydrogen-bond acceptors (Lipinski definition) is 4. The molecule has 5 nitrogen and oxygen atoms in total. The zero-order valence-electron chi connectivity index (χ0n) is 13.3. The average Bonchev–Trinajstić information content (AvgIpc) is 2.62. The van der Waals surface area contributed by atoms with Gasteiger partial charge in [0, 0.05) is 24.0 Å². The van der Waals surface area contributed by atoms with Crippen molar-refractivity contribution < 1.29 is 9.53 Å². The summed E-state index contributed by atoms with van der Waals surface area (Å²) in [6, 6.07) is 9.87. The van der Waals surface area contributed by atoms with Crippen molar-refractivity contribution in [2.45, 2.75) is 19.3 Å². The molecule has 122 valence electrons. The maximum absolute atomic E-state index is 12.0. The third kappa shape index (κ3) is 4.20. The van der Waals surface area contributed by atoms with E-state index in [1.165, 1.54) is 0 Å². The molecule has 0 aliphatic carbocycles. The van der Waals surface area contributed by atoms with E-state index < -0.39 is 0 Å². The Morgan fingerprint density at radius 3 is 2.96 bits per heavy atom. The first-order chi connectivity index (χ1) is 11.3. The van der Waals surface area contributed by atoms with Gasteiger partial charge in [-0.1, -0.05) is 18.2 Å². The number of nitrogens with one attached hydrogen (secondary N) is 2. The lowest BCUT2D eigenvalue weighted by Crippen LogP contribution is -2.38. The molecule has 1 aliphatic rings. The molecule has 1 aliphatic heterocycles. The van der Waals surface area contributed by atoms with E-state index >= 15 is 0 Å². The molecule has 2 aromatic rings. The number of pyridine rings is 1. The van der Waals surface area contributed by atoms with E-state index in [0.29, 0.717) is 13.2 Å². The van der Waals surface area contributed by atoms with Crippen LogP contribution < -0.4 is 15.4 Å². The maximum Gasteiger partial charge on any atom is 0.223 e. The molecule has 23 heavy (non-hydrogen) atoms. The summed E-state index contributed by atoms with van der Waals surface area (Å²) in [4.78, 5) is 16.4. The second kappa shape index (κ2) is 7.92. The van der Waals surface area contributed by atoms with E-state index in [-0.39, 0.29) is 11.8 Å². The van der Waals surface area contributed by atoms with Crippen LogP contribution in [0.5, 0.6) is 5.75 Å². The molecule has 0 bridgehead atoms. The summed E-state index contributed by atoms with van der Waals surface area (Å²) in [7, 11) is 0. The number of para-hydroxylation sites is 1. The highest BCUT2D eigenvalue weighted by Gasteiger charge is 2.20. The fourth-order valence-electron chi connectivity index (χ4n) is 2.89. The summed E-state index contributed by atoms with van der Waals surface area (Å²) >= 11 is 0. The van der Waals surface area contributed by atoms with E-state index in [1.807, 2.05) is 30.3 Å². The van der Waals surface area contributed by atoms with Crippen LogP contribution >= 0.6 is 0 Å². The Morgan fingerprint density at radius 1 is 1.26 bits per heavy atom. The monoisotopic (exact) mass is 313 g/mol. The minimum absolute atomic E-state index is 0.166. The van der Waals surface area contributed by atoms with Gasteiger partial charge in [0.1, 0.15) is 11.3 Å². The van der Waals surface area contributed by atoms with Crippen LogP contribution in [-0.4, -0.2) is 37.1 Å². The molecule has 1 amide bonds. The maximum atomic E-state index is 12.0. The summed E-state index contributed by atoms with van der Waals surface area (Å²) in [5, 5.41) is 7.36. The van der Waals surface area contributed by atoms with Gasteiger partial charge in [0.2, 0.25) is 5.91 Å². The number of benzene rings is 1. The zero-order chi connectivity index (χ0) is 15.9. The highest BCUT2D eigenvalue weighted by molar-refractivity contribution is 5.84. The molecular weight excluding hydrogens is 290 g/mol. The Morgan fingerprint density at radius 2 is 2.09 bits per heavy atom. The van der Waals surface area contributed by atoms with Gasteiger partial charge in [-0.25, -0.2) is 0 Å². The summed E-state index contributed by atoms with van der Waals surface area (Å²) in [6.45, 7) is 3.10. The molecule has 5 heteroatoms. The van der Waals surface area contributed by atoms with Crippen molar-refractivity contribution in [1.82, 2.24) is 15.6 Å². The van der Waals surface area contributed by atoms with Gasteiger partial charge in [-0.2, -0.15) is 0 Å². The standard InChI is InChI=1S/C18H23N3O2/c22-18(15-7-11-19-12-8-15)21-10-3-13-23-16-6-1-4-14-5-2-9-20-17(14)16/h1-2,4-6,9,15,19H,3,7-8,10-13H2,(H,21,22). The van der Waals surface area contributed by atoms with E-state index in [9.17, 15) is 4.79 Å². The van der Waals surface area contributed by atoms with Gasteiger partial charge in [-0.05, 0) is 44.5 Å². The minimum Gasteiger partial charge on any atom is -0.491 e. The van der Waals surface area contributed by atoms with E-state index in [0.717, 1.165) is 49.0 Å². The van der Waals surface area contributed by atoms with Gasteiger partial charge in [-0.15, -0.1) is 0 Å². The fraction of sp³-hybridized carbons (Fsp3) is 0.444. The summed E-state index contributed by atoms with van der Waals surface area (Å²) in [5.41, 5.74) is 0.883. The molecule has 0 spiro atoms. The third-order valence-electron chi connectivity index (χ3n) is 4.18. The fourth-order valence-corrected chi connectivity index (χ4v) is 2.89. The number of carbonyl (C=O) groups excluding carboxylic acids is 1. The SMILES string of the molecule is O=C(NCCCOc1cccc2cccnc12)C1CCNCC1. The van der Waals surface area contributed by atoms with Crippen molar-refractivity contribution >= 4 is 16.8 Å². The Balaban J connectivity index is 1.42. The number of rotatable bonds is 6. The van der Waals surface area contributed by atoms with Gasteiger partial charge < -0.3 is 15.4 Å². The quantitative estimate of drug-likeness (QED) is 0.802. The predicted octanol–water partition coefficient (Wildman–Crippen LogP) is 2.12. The lowest BCUT2D eigenvalue weighted by molar-refractivity contribution is -0.125. The van der Waals surface area contributed by atoms with E-state index in [4.69, 9.17) is 4.74 Å². The van der Waals surface area contributed by atoms with Crippen molar-refractivity contribution in [1.29, 1.82) is 0 Å². The normalized spacial score (nSPS) is 15.5. The van der Waals surface area contributed by atoms with Crippen molar-refractivity contribution in [2.75, 3.05) is 26.2 Å². The molecule has 1 saturated heterocycles. The lowest BCUT2D eigenvalue weighted by atomic mass is 9.97. The Bertz CT molecular complexity index is 648. The number of nitrogens with zero attached hydrogens (tertiary/aromatic N) is 1. The predicted molar refractivity (Wildman–Crippen MR) is 90.5 cm³/mol. The lowest BCUT2D eigenvalue weighted by Gasteiger charge is -2.21. The second-order valence-corrected chi connectivity index (χ2v) is 5.85. The first-order valence-corrected chi connectivity index (χ1v) is 8.29. The van der Waals surface area contributed by atoms with Gasteiger partial charge in [-0.3, -0.25) is 9.78 Å². The van der Waals surface area contributed by atoms with Crippen LogP contribution in [0.15, 0.2) is 36.5 Å². The first-order valence-electron chi connectivity index (χ1n) is 8.29. The van der Waals surface area contributed by atoms with E-state index in [2.05, 4.69) is 15.6 Å². The minimum atomic E-state index is 0.166. The van der Waals surface area contributed by atoms with Gasteiger partial charge in [0.05, 0.1) is 6.61 Å². The molecule has 2 heterocycles. The summed E-state index contributed by atoms with van der Waals surface area (Å²) < 4.78 is 5.82. The highest BCUT2D eigenvalue weighted by atomic mass is 16.5. The molecular formula is C18H23N3O2. The number of amides is 1. The first kappa shape index (κ1) is 15.7. The largest absolute Gasteiger partial charge is 0.491 e. The summed E-state index contributed by atoms with van der Waals surface area (Å²) in [6.07, 6.45) is 4.43. The Hall–Kier alpha value is -2.14.